The minimum absolute atomic E-state index is 0.563. The lowest BCUT2D eigenvalue weighted by Gasteiger charge is -2.23. The molecule has 1 aliphatic heterocycles. The Morgan fingerprint density at radius 1 is 1.33 bits per heavy atom. The maximum atomic E-state index is 5.86. The average Bonchev–Trinajstić information content (AvgIpc) is 2.40. The van der Waals surface area contributed by atoms with E-state index in [1.165, 1.54) is 31.4 Å². The van der Waals surface area contributed by atoms with Gasteiger partial charge >= 0.3 is 0 Å². The van der Waals surface area contributed by atoms with Crippen LogP contribution in [0.4, 0.5) is 0 Å². The van der Waals surface area contributed by atoms with Gasteiger partial charge in [0, 0.05) is 6.04 Å². The van der Waals surface area contributed by atoms with E-state index in [1.807, 2.05) is 0 Å². The van der Waals surface area contributed by atoms with Crippen LogP contribution in [0.1, 0.15) is 51.0 Å². The third kappa shape index (κ3) is 4.02. The summed E-state index contributed by atoms with van der Waals surface area (Å²) in [6.07, 6.45) is 5.11. The highest BCUT2D eigenvalue weighted by molar-refractivity contribution is 5.30. The van der Waals surface area contributed by atoms with E-state index in [4.69, 9.17) is 4.74 Å². The lowest BCUT2D eigenvalue weighted by Crippen LogP contribution is -2.35. The normalized spacial score (nSPS) is 20.1. The van der Waals surface area contributed by atoms with Crippen LogP contribution in [0, 0.1) is 0 Å². The van der Waals surface area contributed by atoms with Crippen molar-refractivity contribution >= 4 is 0 Å². The zero-order valence-corrected chi connectivity index (χ0v) is 11.6. The quantitative estimate of drug-likeness (QED) is 0.856. The molecule has 1 unspecified atom stereocenters. The van der Waals surface area contributed by atoms with Crippen LogP contribution in [0.25, 0.3) is 0 Å². The van der Waals surface area contributed by atoms with Crippen LogP contribution >= 0.6 is 0 Å². The first-order chi connectivity index (χ1) is 8.75. The fourth-order valence-corrected chi connectivity index (χ4v) is 2.45. The molecule has 0 bridgehead atoms. The van der Waals surface area contributed by atoms with E-state index in [2.05, 4.69) is 43.4 Å². The second-order valence-electron chi connectivity index (χ2n) is 5.51. The molecule has 0 aliphatic carbocycles. The first kappa shape index (κ1) is 13.4. The number of piperidine rings is 1. The molecule has 1 atom stereocenters. The van der Waals surface area contributed by atoms with Gasteiger partial charge in [0.15, 0.2) is 0 Å². The molecule has 1 heterocycles. The SMILES string of the molecule is CC(C)c1cccc(OCCC2CCCCN2)c1. The highest BCUT2D eigenvalue weighted by Crippen LogP contribution is 2.20. The molecule has 0 radical (unpaired) electrons. The summed E-state index contributed by atoms with van der Waals surface area (Å²) in [5.74, 6) is 1.57. The lowest BCUT2D eigenvalue weighted by atomic mass is 10.0. The summed E-state index contributed by atoms with van der Waals surface area (Å²) in [5.41, 5.74) is 1.35. The van der Waals surface area contributed by atoms with Crippen molar-refractivity contribution in [3.05, 3.63) is 29.8 Å². The summed E-state index contributed by atoms with van der Waals surface area (Å²) in [7, 11) is 0. The van der Waals surface area contributed by atoms with Gasteiger partial charge in [-0.05, 0) is 49.4 Å². The second-order valence-corrected chi connectivity index (χ2v) is 5.51. The zero-order valence-electron chi connectivity index (χ0n) is 11.6. The van der Waals surface area contributed by atoms with Gasteiger partial charge in [-0.3, -0.25) is 0 Å². The van der Waals surface area contributed by atoms with Crippen molar-refractivity contribution in [1.82, 2.24) is 5.32 Å². The predicted molar refractivity (Wildman–Crippen MR) is 76.3 cm³/mol. The van der Waals surface area contributed by atoms with Gasteiger partial charge in [-0.1, -0.05) is 32.4 Å². The molecule has 1 fully saturated rings. The minimum Gasteiger partial charge on any atom is -0.494 e. The molecule has 1 aliphatic rings. The standard InChI is InChI=1S/C16H25NO/c1-13(2)14-6-5-8-16(12-14)18-11-9-15-7-3-4-10-17-15/h5-6,8,12-13,15,17H,3-4,7,9-11H2,1-2H3. The molecule has 2 nitrogen and oxygen atoms in total. The molecule has 0 saturated carbocycles. The van der Waals surface area contributed by atoms with E-state index < -0.39 is 0 Å². The maximum absolute atomic E-state index is 5.86. The molecule has 1 N–H and O–H groups in total. The lowest BCUT2D eigenvalue weighted by molar-refractivity contribution is 0.268. The van der Waals surface area contributed by atoms with Gasteiger partial charge in [-0.2, -0.15) is 0 Å². The van der Waals surface area contributed by atoms with Crippen molar-refractivity contribution in [2.24, 2.45) is 0 Å². The summed E-state index contributed by atoms with van der Waals surface area (Å²) in [4.78, 5) is 0. The molecule has 100 valence electrons. The predicted octanol–water partition coefficient (Wildman–Crippen LogP) is 3.72. The summed E-state index contributed by atoms with van der Waals surface area (Å²) in [6.45, 7) is 6.42. The van der Waals surface area contributed by atoms with Crippen LogP contribution in [0.15, 0.2) is 24.3 Å². The number of hydrogen-bond donors (Lipinski definition) is 1. The van der Waals surface area contributed by atoms with Gasteiger partial charge < -0.3 is 10.1 Å². The van der Waals surface area contributed by atoms with Gasteiger partial charge in [0.25, 0.3) is 0 Å². The van der Waals surface area contributed by atoms with E-state index in [0.29, 0.717) is 12.0 Å². The molecule has 1 saturated heterocycles. The molecule has 0 amide bonds. The van der Waals surface area contributed by atoms with Crippen LogP contribution in [0.5, 0.6) is 5.75 Å². The van der Waals surface area contributed by atoms with Crippen LogP contribution in [0.2, 0.25) is 0 Å². The molecule has 18 heavy (non-hydrogen) atoms. The largest absolute Gasteiger partial charge is 0.494 e. The summed E-state index contributed by atoms with van der Waals surface area (Å²) < 4.78 is 5.86. The Morgan fingerprint density at radius 3 is 2.94 bits per heavy atom. The van der Waals surface area contributed by atoms with Gasteiger partial charge in [0.05, 0.1) is 6.61 Å². The molecular formula is C16H25NO. The average molecular weight is 247 g/mol. The van der Waals surface area contributed by atoms with E-state index >= 15 is 0 Å². The van der Waals surface area contributed by atoms with Crippen LogP contribution < -0.4 is 10.1 Å². The first-order valence-corrected chi connectivity index (χ1v) is 7.22. The third-order valence-corrected chi connectivity index (χ3v) is 3.67. The van der Waals surface area contributed by atoms with E-state index in [9.17, 15) is 0 Å². The fraction of sp³-hybridized carbons (Fsp3) is 0.625. The molecule has 2 heteroatoms. The Kier molecular flexibility index (Phi) is 5.06. The maximum Gasteiger partial charge on any atom is 0.119 e. The van der Waals surface area contributed by atoms with Gasteiger partial charge in [0.2, 0.25) is 0 Å². The molecular weight excluding hydrogens is 222 g/mol. The zero-order chi connectivity index (χ0) is 12.8. The smallest absolute Gasteiger partial charge is 0.119 e. The number of hydrogen-bond acceptors (Lipinski definition) is 2. The first-order valence-electron chi connectivity index (χ1n) is 7.22. The van der Waals surface area contributed by atoms with Crippen molar-refractivity contribution < 1.29 is 4.74 Å². The number of ether oxygens (including phenoxy) is 1. The fourth-order valence-electron chi connectivity index (χ4n) is 2.45. The molecule has 2 rings (SSSR count). The number of rotatable bonds is 5. The van der Waals surface area contributed by atoms with Crippen LogP contribution in [0.3, 0.4) is 0 Å². The molecule has 0 spiro atoms. The minimum atomic E-state index is 0.563. The topological polar surface area (TPSA) is 21.3 Å². The van der Waals surface area contributed by atoms with Crippen LogP contribution in [-0.4, -0.2) is 19.2 Å². The van der Waals surface area contributed by atoms with E-state index in [0.717, 1.165) is 18.8 Å². The summed E-state index contributed by atoms with van der Waals surface area (Å²) in [6, 6.07) is 9.13. The van der Waals surface area contributed by atoms with Gasteiger partial charge in [-0.25, -0.2) is 0 Å². The van der Waals surface area contributed by atoms with Gasteiger partial charge in [-0.15, -0.1) is 0 Å². The number of nitrogens with one attached hydrogen (secondary N) is 1. The highest BCUT2D eigenvalue weighted by atomic mass is 16.5. The molecule has 1 aromatic carbocycles. The Labute approximate surface area is 111 Å². The number of benzene rings is 1. The Hall–Kier alpha value is -1.02. The van der Waals surface area contributed by atoms with Crippen LogP contribution in [-0.2, 0) is 0 Å². The second kappa shape index (κ2) is 6.79. The Bertz CT molecular complexity index is 356. The van der Waals surface area contributed by atoms with Crippen molar-refractivity contribution in [1.29, 1.82) is 0 Å². The summed E-state index contributed by atoms with van der Waals surface area (Å²) >= 11 is 0. The van der Waals surface area contributed by atoms with E-state index in [-0.39, 0.29) is 0 Å². The summed E-state index contributed by atoms with van der Waals surface area (Å²) in [5, 5.41) is 3.55. The van der Waals surface area contributed by atoms with Crippen molar-refractivity contribution in [3.8, 4) is 5.75 Å². The molecule has 1 aromatic rings. The van der Waals surface area contributed by atoms with Crippen molar-refractivity contribution in [2.45, 2.75) is 51.5 Å². The van der Waals surface area contributed by atoms with Crippen molar-refractivity contribution in [2.75, 3.05) is 13.2 Å². The highest BCUT2D eigenvalue weighted by Gasteiger charge is 2.12. The van der Waals surface area contributed by atoms with Gasteiger partial charge in [0.1, 0.15) is 5.75 Å². The Balaban J connectivity index is 1.77. The monoisotopic (exact) mass is 247 g/mol. The third-order valence-electron chi connectivity index (χ3n) is 3.67. The van der Waals surface area contributed by atoms with Crippen molar-refractivity contribution in [3.63, 3.8) is 0 Å². The van der Waals surface area contributed by atoms with E-state index in [1.54, 1.807) is 0 Å². The molecule has 0 aromatic heterocycles. The Morgan fingerprint density at radius 2 is 2.22 bits per heavy atom.